The quantitative estimate of drug-likeness (QED) is 0.196. The molecule has 4 N–H and O–H groups in total. The Morgan fingerprint density at radius 3 is 2.49 bits per heavy atom. The number of benzene rings is 2. The Morgan fingerprint density at radius 1 is 1.02 bits per heavy atom. The monoisotopic (exact) mass is 613 g/mol. The fourth-order valence-corrected chi connectivity index (χ4v) is 9.89. The van der Waals surface area contributed by atoms with Crippen molar-refractivity contribution in [1.82, 2.24) is 4.98 Å². The van der Waals surface area contributed by atoms with Gasteiger partial charge in [-0.25, -0.2) is 4.98 Å². The number of aryl methyl sites for hydroxylation is 1. The van der Waals surface area contributed by atoms with Crippen LogP contribution in [0.2, 0.25) is 0 Å². The molecule has 1 aromatic heterocycles. The highest BCUT2D eigenvalue weighted by Gasteiger charge is 2.75. The van der Waals surface area contributed by atoms with Crippen LogP contribution >= 0.6 is 0 Å². The molecule has 4 saturated carbocycles. The molecule has 4 aliphatic carbocycles. The molecule has 1 heterocycles. The second-order valence-electron chi connectivity index (χ2n) is 14.2. The van der Waals surface area contributed by atoms with Crippen LogP contribution in [0.15, 0.2) is 60.7 Å². The van der Waals surface area contributed by atoms with Crippen molar-refractivity contribution in [2.75, 3.05) is 34.0 Å². The summed E-state index contributed by atoms with van der Waals surface area (Å²) in [6, 6.07) is 20.8. The van der Waals surface area contributed by atoms with E-state index in [9.17, 15) is 9.59 Å². The highest BCUT2D eigenvalue weighted by molar-refractivity contribution is 5.88. The average molecular weight is 614 g/mol. The van der Waals surface area contributed by atoms with Crippen molar-refractivity contribution in [3.05, 3.63) is 71.9 Å². The number of rotatable bonds is 14. The Morgan fingerprint density at radius 2 is 1.78 bits per heavy atom. The van der Waals surface area contributed by atoms with E-state index in [-0.39, 0.29) is 34.1 Å². The number of carbonyl (C=O) groups excluding carboxylic acids is 2. The van der Waals surface area contributed by atoms with Gasteiger partial charge in [0.05, 0.1) is 12.5 Å². The molecule has 8 heteroatoms. The number of likely N-dealkylation sites (N-methyl/N-ethyl adjacent to an activating group) is 1. The Kier molecular flexibility index (Phi) is 8.65. The molecule has 7 unspecified atom stereocenters. The van der Waals surface area contributed by atoms with Gasteiger partial charge in [0, 0.05) is 30.0 Å². The van der Waals surface area contributed by atoms with E-state index in [0.717, 1.165) is 55.0 Å². The van der Waals surface area contributed by atoms with Gasteiger partial charge < -0.3 is 20.9 Å². The molecule has 2 aromatic carbocycles. The second kappa shape index (κ2) is 12.4. The number of fused-ring (bicyclic) bond motifs is 1. The summed E-state index contributed by atoms with van der Waals surface area (Å²) in [5.41, 5.74) is 13.5. The molecule has 0 spiro atoms. The van der Waals surface area contributed by atoms with Crippen molar-refractivity contribution >= 4 is 22.6 Å². The predicted molar refractivity (Wildman–Crippen MR) is 175 cm³/mol. The lowest BCUT2D eigenvalue weighted by atomic mass is 9.39. The van der Waals surface area contributed by atoms with Crippen LogP contribution in [-0.4, -0.2) is 60.9 Å². The molecule has 0 aliphatic heterocycles. The highest BCUT2D eigenvalue weighted by atomic mass is 16.5. The summed E-state index contributed by atoms with van der Waals surface area (Å²) >= 11 is 0. The Bertz CT molecular complexity index is 1550. The Hall–Kier alpha value is -3.49. The number of ether oxygens (including phenoxy) is 2. The summed E-state index contributed by atoms with van der Waals surface area (Å²) in [5, 5.41) is 2.09. The number of hydrogen-bond donors (Lipinski definition) is 2. The van der Waals surface area contributed by atoms with Crippen LogP contribution in [0, 0.1) is 29.1 Å². The lowest BCUT2D eigenvalue weighted by molar-refractivity contribution is -0.976. The second-order valence-corrected chi connectivity index (χ2v) is 14.2. The molecule has 4 bridgehead atoms. The van der Waals surface area contributed by atoms with E-state index in [2.05, 4.69) is 50.4 Å². The maximum atomic E-state index is 14.1. The SMILES string of the molecule is CCCCc1cc2ccccc2c(OCC[N+](C)(COC)C2(C(N)=O)C3CC4CC(C(N)=O)(C3)CC2C4Cc2ccccc2)n1. The third kappa shape index (κ3) is 5.30. The Balaban J connectivity index is 1.35. The summed E-state index contributed by atoms with van der Waals surface area (Å²) in [4.78, 5) is 32.1. The van der Waals surface area contributed by atoms with E-state index < -0.39 is 11.0 Å². The number of nitrogens with zero attached hydrogens (tertiary/aromatic N) is 2. The molecule has 4 fully saturated rings. The lowest BCUT2D eigenvalue weighted by Gasteiger charge is -2.69. The summed E-state index contributed by atoms with van der Waals surface area (Å²) in [6.45, 7) is 3.33. The molecule has 8 nitrogen and oxygen atoms in total. The van der Waals surface area contributed by atoms with Gasteiger partial charge in [-0.2, -0.15) is 0 Å². The molecule has 2 amide bonds. The van der Waals surface area contributed by atoms with Crippen molar-refractivity contribution in [3.63, 3.8) is 0 Å². The molecular weight excluding hydrogens is 564 g/mol. The average Bonchev–Trinajstić information content (AvgIpc) is 3.02. The maximum absolute atomic E-state index is 14.1. The van der Waals surface area contributed by atoms with E-state index in [1.54, 1.807) is 7.11 Å². The zero-order valence-corrected chi connectivity index (χ0v) is 27.0. The third-order valence-electron chi connectivity index (χ3n) is 11.7. The zero-order chi connectivity index (χ0) is 31.8. The first-order valence-electron chi connectivity index (χ1n) is 16.7. The van der Waals surface area contributed by atoms with Crippen LogP contribution in [-0.2, 0) is 27.2 Å². The number of methoxy groups -OCH3 is 1. The topological polar surface area (TPSA) is 118 Å². The number of quaternary nitrogens is 1. The molecule has 0 radical (unpaired) electrons. The fourth-order valence-electron chi connectivity index (χ4n) is 9.89. The lowest BCUT2D eigenvalue weighted by Crippen LogP contribution is -2.82. The van der Waals surface area contributed by atoms with Crippen LogP contribution in [0.4, 0.5) is 0 Å². The van der Waals surface area contributed by atoms with Crippen LogP contribution in [0.25, 0.3) is 10.8 Å². The van der Waals surface area contributed by atoms with Gasteiger partial charge in [0.2, 0.25) is 11.8 Å². The molecule has 7 rings (SSSR count). The van der Waals surface area contributed by atoms with Crippen LogP contribution in [0.1, 0.15) is 56.7 Å². The fraction of sp³-hybridized carbons (Fsp3) is 0.541. The predicted octanol–water partition coefficient (Wildman–Crippen LogP) is 5.01. The molecule has 3 aromatic rings. The van der Waals surface area contributed by atoms with Crippen LogP contribution in [0.5, 0.6) is 5.88 Å². The molecule has 0 saturated heterocycles. The summed E-state index contributed by atoms with van der Waals surface area (Å²) < 4.78 is 12.7. The van der Waals surface area contributed by atoms with Gasteiger partial charge in [-0.1, -0.05) is 61.9 Å². The van der Waals surface area contributed by atoms with Crippen molar-refractivity contribution in [3.8, 4) is 5.88 Å². The minimum Gasteiger partial charge on any atom is -0.471 e. The maximum Gasteiger partial charge on any atom is 0.279 e. The molecule has 45 heavy (non-hydrogen) atoms. The van der Waals surface area contributed by atoms with E-state index in [1.807, 2.05) is 24.3 Å². The standard InChI is InChI=1S/C37H48N4O4/c1-4-5-14-29-20-26-13-9-10-15-30(26)33(40-29)45-17-16-41(2,24-44-3)37(35(39)43)28-19-27-21-36(22-28,34(38)42)23-32(37)31(27)18-25-11-7-6-8-12-25/h6-13,15,20,27-28,31-32H,4-5,14,16-19,21-24H2,1-3H3,(H3-,38,39,42,43)/p+1. The number of amides is 2. The highest BCUT2D eigenvalue weighted by Crippen LogP contribution is 2.68. The van der Waals surface area contributed by atoms with E-state index in [0.29, 0.717) is 44.5 Å². The van der Waals surface area contributed by atoms with E-state index in [1.165, 1.54) is 5.56 Å². The van der Waals surface area contributed by atoms with Gasteiger partial charge in [-0.3, -0.25) is 14.1 Å². The first kappa shape index (κ1) is 31.5. The summed E-state index contributed by atoms with van der Waals surface area (Å²) in [5.74, 6) is 0.434. The van der Waals surface area contributed by atoms with Crippen molar-refractivity contribution < 1.29 is 23.5 Å². The van der Waals surface area contributed by atoms with E-state index in [4.69, 9.17) is 25.9 Å². The third-order valence-corrected chi connectivity index (χ3v) is 11.7. The number of primary amides is 2. The van der Waals surface area contributed by atoms with Crippen molar-refractivity contribution in [2.24, 2.45) is 40.6 Å². The van der Waals surface area contributed by atoms with Gasteiger partial charge >= 0.3 is 0 Å². The minimum absolute atomic E-state index is 0.0662. The molecule has 4 aliphatic rings. The zero-order valence-electron chi connectivity index (χ0n) is 27.0. The van der Waals surface area contributed by atoms with Gasteiger partial charge in [-0.05, 0) is 79.9 Å². The van der Waals surface area contributed by atoms with Crippen LogP contribution < -0.4 is 16.2 Å². The molecular formula is C37H49N4O4+. The number of unbranched alkanes of at least 4 members (excludes halogenated alkanes) is 1. The van der Waals surface area contributed by atoms with Crippen LogP contribution in [0.3, 0.4) is 0 Å². The van der Waals surface area contributed by atoms with E-state index >= 15 is 0 Å². The molecule has 7 atom stereocenters. The number of carbonyl (C=O) groups is 2. The number of aromatic nitrogens is 1. The number of nitrogens with two attached hydrogens (primary N) is 2. The van der Waals surface area contributed by atoms with Gasteiger partial charge in [0.15, 0.2) is 12.3 Å². The normalized spacial score (nSPS) is 29.8. The number of pyridine rings is 1. The number of hydrogen-bond acceptors (Lipinski definition) is 5. The van der Waals surface area contributed by atoms with Gasteiger partial charge in [0.25, 0.3) is 5.91 Å². The largest absolute Gasteiger partial charge is 0.471 e. The smallest absolute Gasteiger partial charge is 0.279 e. The first-order chi connectivity index (χ1) is 21.7. The summed E-state index contributed by atoms with van der Waals surface area (Å²) in [7, 11) is 3.78. The van der Waals surface area contributed by atoms with Crippen molar-refractivity contribution in [2.45, 2.75) is 63.8 Å². The molecule has 240 valence electrons. The van der Waals surface area contributed by atoms with Crippen molar-refractivity contribution in [1.29, 1.82) is 0 Å². The van der Waals surface area contributed by atoms with Gasteiger partial charge in [0.1, 0.15) is 13.2 Å². The Labute approximate surface area is 267 Å². The minimum atomic E-state index is -0.923. The van der Waals surface area contributed by atoms with Gasteiger partial charge in [-0.15, -0.1) is 0 Å². The first-order valence-corrected chi connectivity index (χ1v) is 16.7. The summed E-state index contributed by atoms with van der Waals surface area (Å²) in [6.07, 6.45) is 6.74.